The molecule has 2 unspecified atom stereocenters. The van der Waals surface area contributed by atoms with Crippen molar-refractivity contribution in [2.75, 3.05) is 98.8 Å². The summed E-state index contributed by atoms with van der Waals surface area (Å²) in [4.78, 5) is 0. The van der Waals surface area contributed by atoms with Crippen LogP contribution in [-0.4, -0.2) is 111 Å². The molecule has 2 saturated heterocycles. The van der Waals surface area contributed by atoms with Gasteiger partial charge in [0.2, 0.25) is 0 Å². The molecular weight excluding hydrogens is 460 g/mol. The van der Waals surface area contributed by atoms with Gasteiger partial charge in [0, 0.05) is 46.1 Å². The van der Waals surface area contributed by atoms with E-state index in [1.54, 1.807) is 0 Å². The number of ether oxygens (including phenoxy) is 5. The summed E-state index contributed by atoms with van der Waals surface area (Å²) in [6, 6.07) is 0. The van der Waals surface area contributed by atoms with E-state index < -0.39 is 0 Å². The fourth-order valence-electron chi connectivity index (χ4n) is 3.71. The summed E-state index contributed by atoms with van der Waals surface area (Å²) in [5.74, 6) is 0. The molecule has 0 aromatic carbocycles. The Morgan fingerprint density at radius 1 is 0.444 bits per heavy atom. The number of hydrogen-bond acceptors (Lipinski definition) is 9. The number of nitrogens with one attached hydrogen (secondary N) is 4. The van der Waals surface area contributed by atoms with Crippen LogP contribution in [0.1, 0.15) is 64.2 Å². The maximum absolute atomic E-state index is 5.71. The zero-order valence-corrected chi connectivity index (χ0v) is 22.9. The standard InChI is InChI=1S/C27H56N4O5/c1(6-16-32-17-7-3-13-29-21-26-23-35-26)11-28-12-2-10-20-34-25-31-15-5-9-19-33-18-8-4-14-30-22-27-24-36-27/h26-31H,1-25H2. The molecule has 214 valence electrons. The molecule has 0 aliphatic carbocycles. The van der Waals surface area contributed by atoms with Crippen molar-refractivity contribution in [1.29, 1.82) is 0 Å². The Balaban J connectivity index is 1.11. The second kappa shape index (κ2) is 24.9. The van der Waals surface area contributed by atoms with Crippen LogP contribution >= 0.6 is 0 Å². The Hall–Kier alpha value is -0.360. The predicted molar refractivity (Wildman–Crippen MR) is 145 cm³/mol. The lowest BCUT2D eigenvalue weighted by Crippen LogP contribution is -2.21. The van der Waals surface area contributed by atoms with Crippen LogP contribution in [0.2, 0.25) is 0 Å². The third-order valence-electron chi connectivity index (χ3n) is 6.21. The highest BCUT2D eigenvalue weighted by Crippen LogP contribution is 2.06. The van der Waals surface area contributed by atoms with Gasteiger partial charge in [0.25, 0.3) is 0 Å². The third-order valence-corrected chi connectivity index (χ3v) is 6.21. The summed E-state index contributed by atoms with van der Waals surface area (Å²) < 4.78 is 27.4. The van der Waals surface area contributed by atoms with Crippen molar-refractivity contribution in [1.82, 2.24) is 21.3 Å². The van der Waals surface area contributed by atoms with E-state index in [9.17, 15) is 0 Å². The first-order valence-electron chi connectivity index (χ1n) is 14.7. The number of hydrogen-bond donors (Lipinski definition) is 4. The van der Waals surface area contributed by atoms with Crippen LogP contribution in [0.3, 0.4) is 0 Å². The summed E-state index contributed by atoms with van der Waals surface area (Å²) >= 11 is 0. The van der Waals surface area contributed by atoms with Crippen molar-refractivity contribution in [2.24, 2.45) is 0 Å². The van der Waals surface area contributed by atoms with Crippen molar-refractivity contribution >= 4 is 0 Å². The summed E-state index contributed by atoms with van der Waals surface area (Å²) in [5.41, 5.74) is 0. The maximum atomic E-state index is 5.71. The smallest absolute Gasteiger partial charge is 0.0965 e. The van der Waals surface area contributed by atoms with Gasteiger partial charge >= 0.3 is 0 Å². The average molecular weight is 517 g/mol. The highest BCUT2D eigenvalue weighted by molar-refractivity contribution is 4.71. The van der Waals surface area contributed by atoms with Crippen molar-refractivity contribution in [2.45, 2.75) is 76.4 Å². The van der Waals surface area contributed by atoms with Crippen LogP contribution in [0.5, 0.6) is 0 Å². The molecule has 2 aliphatic heterocycles. The number of rotatable bonds is 31. The summed E-state index contributed by atoms with van der Waals surface area (Å²) in [6.45, 7) is 14.1. The van der Waals surface area contributed by atoms with Crippen LogP contribution in [0, 0.1) is 0 Å². The lowest BCUT2D eigenvalue weighted by Gasteiger charge is -2.08. The molecule has 36 heavy (non-hydrogen) atoms. The van der Waals surface area contributed by atoms with Crippen LogP contribution in [0.4, 0.5) is 0 Å². The second-order valence-electron chi connectivity index (χ2n) is 9.88. The predicted octanol–water partition coefficient (Wildman–Crippen LogP) is 2.05. The molecule has 0 spiro atoms. The lowest BCUT2D eigenvalue weighted by molar-refractivity contribution is 0.109. The molecule has 2 rings (SSSR count). The number of unbranched alkanes of at least 4 members (excludes halogenated alkanes) is 5. The Kier molecular flexibility index (Phi) is 22.1. The first-order valence-corrected chi connectivity index (χ1v) is 14.7. The van der Waals surface area contributed by atoms with Gasteiger partial charge in [0.05, 0.1) is 32.2 Å². The maximum Gasteiger partial charge on any atom is 0.0965 e. The van der Waals surface area contributed by atoms with Crippen molar-refractivity contribution in [3.05, 3.63) is 0 Å². The van der Waals surface area contributed by atoms with E-state index in [2.05, 4.69) is 21.3 Å². The Morgan fingerprint density at radius 3 is 1.22 bits per heavy atom. The van der Waals surface area contributed by atoms with Gasteiger partial charge in [-0.05, 0) is 96.9 Å². The molecule has 2 atom stereocenters. The highest BCUT2D eigenvalue weighted by Gasteiger charge is 2.21. The van der Waals surface area contributed by atoms with Gasteiger partial charge < -0.3 is 39.6 Å². The third kappa shape index (κ3) is 24.0. The van der Waals surface area contributed by atoms with E-state index in [1.165, 1.54) is 25.7 Å². The molecule has 9 nitrogen and oxygen atoms in total. The molecule has 4 N–H and O–H groups in total. The van der Waals surface area contributed by atoms with Gasteiger partial charge in [-0.25, -0.2) is 0 Å². The molecule has 9 heteroatoms. The van der Waals surface area contributed by atoms with E-state index in [0.29, 0.717) is 18.9 Å². The van der Waals surface area contributed by atoms with Crippen molar-refractivity contribution in [3.63, 3.8) is 0 Å². The molecule has 0 bridgehead atoms. The molecule has 2 heterocycles. The largest absolute Gasteiger partial charge is 0.381 e. The minimum atomic E-state index is 0.482. The number of epoxide rings is 2. The van der Waals surface area contributed by atoms with Gasteiger partial charge in [-0.3, -0.25) is 5.32 Å². The van der Waals surface area contributed by atoms with E-state index in [0.717, 1.165) is 131 Å². The highest BCUT2D eigenvalue weighted by atomic mass is 16.6. The first kappa shape index (κ1) is 31.9. The van der Waals surface area contributed by atoms with Crippen LogP contribution in [-0.2, 0) is 23.7 Å². The normalized spacial score (nSPS) is 18.7. The molecule has 0 amide bonds. The molecule has 0 saturated carbocycles. The van der Waals surface area contributed by atoms with Crippen molar-refractivity contribution < 1.29 is 23.7 Å². The molecule has 0 aromatic rings. The van der Waals surface area contributed by atoms with Crippen LogP contribution in [0.25, 0.3) is 0 Å². The van der Waals surface area contributed by atoms with Gasteiger partial charge in [-0.1, -0.05) is 0 Å². The van der Waals surface area contributed by atoms with Gasteiger partial charge in [0.15, 0.2) is 0 Å². The fraction of sp³-hybridized carbons (Fsp3) is 1.00. The fourth-order valence-corrected chi connectivity index (χ4v) is 3.71. The average Bonchev–Trinajstić information content (AvgIpc) is 3.81. The summed E-state index contributed by atoms with van der Waals surface area (Å²) in [6.07, 6.45) is 12.4. The van der Waals surface area contributed by atoms with Crippen LogP contribution in [0.15, 0.2) is 0 Å². The lowest BCUT2D eigenvalue weighted by atomic mass is 10.3. The van der Waals surface area contributed by atoms with Gasteiger partial charge in [-0.2, -0.15) is 0 Å². The Morgan fingerprint density at radius 2 is 0.806 bits per heavy atom. The molecule has 2 aliphatic rings. The minimum absolute atomic E-state index is 0.482. The first-order chi connectivity index (χ1) is 17.9. The van der Waals surface area contributed by atoms with E-state index in [4.69, 9.17) is 23.7 Å². The van der Waals surface area contributed by atoms with Gasteiger partial charge in [-0.15, -0.1) is 0 Å². The summed E-state index contributed by atoms with van der Waals surface area (Å²) in [7, 11) is 0. The zero-order valence-electron chi connectivity index (χ0n) is 22.9. The molecular formula is C27H56N4O5. The molecule has 0 radical (unpaired) electrons. The Labute approximate surface area is 220 Å². The molecule has 0 aromatic heterocycles. The summed E-state index contributed by atoms with van der Waals surface area (Å²) in [5, 5.41) is 13.7. The van der Waals surface area contributed by atoms with E-state index in [1.807, 2.05) is 0 Å². The second-order valence-corrected chi connectivity index (χ2v) is 9.88. The van der Waals surface area contributed by atoms with Crippen molar-refractivity contribution in [3.8, 4) is 0 Å². The quantitative estimate of drug-likeness (QED) is 0.0627. The topological polar surface area (TPSA) is 101 Å². The SMILES string of the molecule is C(CCOCCCCNCC1CO1)CNCCCCOCNCCCCOCCCCNCC1CO1. The van der Waals surface area contributed by atoms with E-state index in [-0.39, 0.29) is 0 Å². The van der Waals surface area contributed by atoms with E-state index >= 15 is 0 Å². The Bertz CT molecular complexity index is 416. The zero-order chi connectivity index (χ0) is 25.2. The monoisotopic (exact) mass is 516 g/mol. The molecule has 2 fully saturated rings. The van der Waals surface area contributed by atoms with Gasteiger partial charge in [0.1, 0.15) is 0 Å². The minimum Gasteiger partial charge on any atom is -0.381 e. The van der Waals surface area contributed by atoms with Crippen LogP contribution < -0.4 is 21.3 Å².